The van der Waals surface area contributed by atoms with Crippen LogP contribution < -0.4 is 5.46 Å². The molecule has 6 nitrogen and oxygen atoms in total. The Hall–Kier alpha value is -7.06. The van der Waals surface area contributed by atoms with E-state index in [-0.39, 0.29) is 5.92 Å². The SMILES string of the molecule is CC(C)c1cccc(C(C)C)c1-n1ccnc1-c1ccc(-c2ccccc2-c2cc(B3OC(C)(C)C(C)(C)O3)cc(-c3ccccc3-c3ccc4cc3C(C)c3cccc(C(C)C)c3-n3ccnc3-4)c2)cc1. The van der Waals surface area contributed by atoms with Crippen LogP contribution in [0.25, 0.3) is 78.7 Å². The van der Waals surface area contributed by atoms with Crippen LogP contribution >= 0.6 is 0 Å². The van der Waals surface area contributed by atoms with E-state index in [0.29, 0.717) is 17.8 Å². The number of aromatic nitrogens is 4. The lowest BCUT2D eigenvalue weighted by Gasteiger charge is -2.32. The van der Waals surface area contributed by atoms with Gasteiger partial charge in [-0.2, -0.15) is 0 Å². The Morgan fingerprint density at radius 3 is 1.47 bits per heavy atom. The van der Waals surface area contributed by atoms with Crippen molar-refractivity contribution in [3.63, 3.8) is 0 Å². The molecule has 7 aromatic carbocycles. The highest BCUT2D eigenvalue weighted by Gasteiger charge is 2.52. The van der Waals surface area contributed by atoms with E-state index in [4.69, 9.17) is 19.3 Å². The Morgan fingerprint density at radius 2 is 0.903 bits per heavy atom. The lowest BCUT2D eigenvalue weighted by molar-refractivity contribution is 0.00578. The second kappa shape index (κ2) is 18.2. The standard InChI is InChI=1S/C65H65BN4O2/c1-40(2)50-22-16-23-51(41(3)4)60(50)69-34-32-67-62(69)45-28-26-44(27-29-45)54-18-12-13-19-55(54)47-36-48(38-49(37-47)66-71-64(8,9)65(10,11)72-66)56-20-14-15-21-57(56)58-31-30-46-39-59(58)43(7)53-25-17-24-52(42(5)6)61(53)70-35-33-68-63(46)70/h12-43H,1-11H3. The largest absolute Gasteiger partial charge is 0.494 e. The first-order valence-corrected chi connectivity index (χ1v) is 25.9. The first-order valence-electron chi connectivity index (χ1n) is 25.9. The molecule has 9 aromatic rings. The summed E-state index contributed by atoms with van der Waals surface area (Å²) in [7, 11) is -0.559. The summed E-state index contributed by atoms with van der Waals surface area (Å²) >= 11 is 0. The van der Waals surface area contributed by atoms with Crippen molar-refractivity contribution in [3.05, 3.63) is 198 Å². The molecule has 1 saturated heterocycles. The summed E-state index contributed by atoms with van der Waals surface area (Å²) in [6, 6.07) is 53.9. The van der Waals surface area contributed by atoms with Crippen molar-refractivity contribution in [3.8, 4) is 78.7 Å². The highest BCUT2D eigenvalue weighted by atomic mass is 16.7. The van der Waals surface area contributed by atoms with E-state index >= 15 is 0 Å². The Balaban J connectivity index is 1.04. The fourth-order valence-corrected chi connectivity index (χ4v) is 11.2. The summed E-state index contributed by atoms with van der Waals surface area (Å²) in [5.41, 5.74) is 20.3. The zero-order valence-corrected chi connectivity index (χ0v) is 43.7. The first kappa shape index (κ1) is 47.3. The Kier molecular flexibility index (Phi) is 12.0. The number of fused-ring (bicyclic) bond motifs is 6. The third kappa shape index (κ3) is 8.08. The molecule has 0 amide bonds. The third-order valence-corrected chi connectivity index (χ3v) is 15.8. The maximum atomic E-state index is 6.83. The fourth-order valence-electron chi connectivity index (χ4n) is 11.2. The van der Waals surface area contributed by atoms with E-state index < -0.39 is 18.3 Å². The predicted octanol–water partition coefficient (Wildman–Crippen LogP) is 16.2. The maximum Gasteiger partial charge on any atom is 0.494 e. The molecule has 0 N–H and O–H groups in total. The van der Waals surface area contributed by atoms with Crippen molar-refractivity contribution in [2.45, 2.75) is 111 Å². The van der Waals surface area contributed by atoms with Gasteiger partial charge in [-0.25, -0.2) is 9.97 Å². The minimum Gasteiger partial charge on any atom is -0.399 e. The van der Waals surface area contributed by atoms with Crippen LogP contribution in [0, 0.1) is 0 Å². The van der Waals surface area contributed by atoms with Crippen molar-refractivity contribution in [1.82, 2.24) is 19.1 Å². The number of imidazole rings is 2. The van der Waals surface area contributed by atoms with Crippen molar-refractivity contribution < 1.29 is 9.31 Å². The van der Waals surface area contributed by atoms with Gasteiger partial charge in [0.15, 0.2) is 0 Å². The molecule has 72 heavy (non-hydrogen) atoms. The fraction of sp³-hybridized carbons (Fsp3) is 0.262. The highest BCUT2D eigenvalue weighted by molar-refractivity contribution is 6.62. The minimum atomic E-state index is -0.559. The lowest BCUT2D eigenvalue weighted by Crippen LogP contribution is -2.41. The average molecular weight is 945 g/mol. The monoisotopic (exact) mass is 945 g/mol. The van der Waals surface area contributed by atoms with Crippen LogP contribution in [0.15, 0.2) is 170 Å². The van der Waals surface area contributed by atoms with Crippen LogP contribution in [0.4, 0.5) is 0 Å². The molecule has 1 unspecified atom stereocenters. The Labute approximate surface area is 426 Å². The third-order valence-electron chi connectivity index (χ3n) is 15.8. The van der Waals surface area contributed by atoms with Gasteiger partial charge in [-0.05, 0) is 135 Å². The zero-order chi connectivity index (χ0) is 50.2. The van der Waals surface area contributed by atoms with E-state index in [2.05, 4.69) is 243 Å². The predicted molar refractivity (Wildman–Crippen MR) is 299 cm³/mol. The molecule has 2 aliphatic heterocycles. The summed E-state index contributed by atoms with van der Waals surface area (Å²) in [5.74, 6) is 3.08. The number of rotatable bonds is 10. The summed E-state index contributed by atoms with van der Waals surface area (Å²) in [6.45, 7) is 24.5. The van der Waals surface area contributed by atoms with E-state index in [0.717, 1.165) is 61.6 Å². The molecular formula is C65H65BN4O2. The van der Waals surface area contributed by atoms with Crippen molar-refractivity contribution >= 4 is 12.6 Å². The number of nitrogens with zero attached hydrogens (tertiary/aromatic N) is 4. The summed E-state index contributed by atoms with van der Waals surface area (Å²) in [5, 5.41) is 0. The van der Waals surface area contributed by atoms with Crippen LogP contribution in [-0.4, -0.2) is 37.4 Å². The van der Waals surface area contributed by atoms with E-state index in [1.165, 1.54) is 50.3 Å². The molecule has 11 rings (SSSR count). The van der Waals surface area contributed by atoms with Gasteiger partial charge in [0, 0.05) is 41.8 Å². The molecule has 1 atom stereocenters. The smallest absolute Gasteiger partial charge is 0.399 e. The molecule has 360 valence electrons. The lowest BCUT2D eigenvalue weighted by atomic mass is 9.75. The molecule has 0 saturated carbocycles. The van der Waals surface area contributed by atoms with Crippen LogP contribution in [-0.2, 0) is 9.31 Å². The zero-order valence-electron chi connectivity index (χ0n) is 43.7. The van der Waals surface area contributed by atoms with Crippen LogP contribution in [0.1, 0.15) is 128 Å². The summed E-state index contributed by atoms with van der Waals surface area (Å²) in [4.78, 5) is 9.90. The summed E-state index contributed by atoms with van der Waals surface area (Å²) in [6.07, 6.45) is 8.08. The molecule has 4 heterocycles. The molecule has 1 fully saturated rings. The van der Waals surface area contributed by atoms with Crippen LogP contribution in [0.2, 0.25) is 0 Å². The Morgan fingerprint density at radius 1 is 0.444 bits per heavy atom. The van der Waals surface area contributed by atoms with Gasteiger partial charge in [0.2, 0.25) is 0 Å². The van der Waals surface area contributed by atoms with Gasteiger partial charge in [-0.3, -0.25) is 9.13 Å². The number of hydrogen-bond acceptors (Lipinski definition) is 4. The van der Waals surface area contributed by atoms with Gasteiger partial charge in [0.25, 0.3) is 0 Å². The molecule has 2 aliphatic rings. The number of para-hydroxylation sites is 2. The van der Waals surface area contributed by atoms with E-state index in [1.807, 2.05) is 12.4 Å². The van der Waals surface area contributed by atoms with E-state index in [1.54, 1.807) is 0 Å². The maximum absolute atomic E-state index is 6.83. The highest BCUT2D eigenvalue weighted by Crippen LogP contribution is 2.46. The molecule has 0 radical (unpaired) electrons. The molecule has 0 spiro atoms. The normalized spacial score (nSPS) is 15.8. The van der Waals surface area contributed by atoms with Crippen LogP contribution in [0.3, 0.4) is 0 Å². The van der Waals surface area contributed by atoms with E-state index in [9.17, 15) is 0 Å². The molecule has 7 heteroatoms. The van der Waals surface area contributed by atoms with Gasteiger partial charge in [0.1, 0.15) is 11.6 Å². The van der Waals surface area contributed by atoms with Crippen molar-refractivity contribution in [1.29, 1.82) is 0 Å². The van der Waals surface area contributed by atoms with Crippen molar-refractivity contribution in [2.75, 3.05) is 0 Å². The van der Waals surface area contributed by atoms with Gasteiger partial charge in [-0.1, -0.05) is 182 Å². The summed E-state index contributed by atoms with van der Waals surface area (Å²) < 4.78 is 18.3. The average Bonchev–Trinajstić information content (AvgIpc) is 4.13. The van der Waals surface area contributed by atoms with Gasteiger partial charge >= 0.3 is 7.12 Å². The molecular weight excluding hydrogens is 880 g/mol. The Bertz CT molecular complexity index is 3460. The molecule has 2 bridgehead atoms. The van der Waals surface area contributed by atoms with Gasteiger partial charge < -0.3 is 9.31 Å². The van der Waals surface area contributed by atoms with Gasteiger partial charge in [-0.15, -0.1) is 0 Å². The number of hydrogen-bond donors (Lipinski definition) is 0. The van der Waals surface area contributed by atoms with Crippen LogP contribution in [0.5, 0.6) is 0 Å². The molecule has 2 aromatic heterocycles. The second-order valence-corrected chi connectivity index (χ2v) is 21.9. The molecule has 0 aliphatic carbocycles. The quantitative estimate of drug-likeness (QED) is 0.128. The second-order valence-electron chi connectivity index (χ2n) is 21.9. The van der Waals surface area contributed by atoms with Gasteiger partial charge in [0.05, 0.1) is 22.6 Å². The minimum absolute atomic E-state index is 0.107. The number of benzene rings is 7. The van der Waals surface area contributed by atoms with Crippen molar-refractivity contribution in [2.24, 2.45) is 0 Å². The topological polar surface area (TPSA) is 54.1 Å². The first-order chi connectivity index (χ1) is 34.6.